The molecule has 0 radical (unpaired) electrons. The molecule has 4 aromatic rings. The fraction of sp³-hybridized carbons (Fsp3) is 0.250. The highest BCUT2D eigenvalue weighted by molar-refractivity contribution is 7.78. The van der Waals surface area contributed by atoms with E-state index in [1.807, 2.05) is 12.1 Å². The molecule has 0 saturated heterocycles. The maximum Gasteiger partial charge on any atom is 0.338 e. The predicted octanol–water partition coefficient (Wildman–Crippen LogP) is 6.09. The number of carbonyl (C=O) groups excluding carboxylic acids is 2. The van der Waals surface area contributed by atoms with Gasteiger partial charge in [0.05, 0.1) is 32.9 Å². The van der Waals surface area contributed by atoms with Crippen LogP contribution >= 0.6 is 12.8 Å². The van der Waals surface area contributed by atoms with E-state index in [0.717, 1.165) is 11.1 Å². The Bertz CT molecular complexity index is 1980. The molecule has 12 nitrogen and oxygen atoms in total. The van der Waals surface area contributed by atoms with Crippen molar-refractivity contribution in [2.75, 3.05) is 21.3 Å². The van der Waals surface area contributed by atoms with Crippen LogP contribution in [-0.4, -0.2) is 42.6 Å². The standard InChI is InChI=1S/C36H34N2O10S/c1-21-11-13-27-28(18-30(21)39)29(14-12-24-17-31(44-2)33(45-3)34(46-4)32(24)27)37(49)35(40)25-9-5-7-22(15-25)19-47-36(41)26-10-6-8-23(16-26)20-48-38(42)43/h5-11,13,15-18,29,49H,12,14,19-20H2,1-4H3/t29-/m0/s1. The van der Waals surface area contributed by atoms with Crippen molar-refractivity contribution in [2.45, 2.75) is 39.0 Å². The van der Waals surface area contributed by atoms with E-state index in [4.69, 9.17) is 31.8 Å². The molecule has 49 heavy (non-hydrogen) atoms. The second-order valence-corrected chi connectivity index (χ2v) is 11.7. The van der Waals surface area contributed by atoms with Crippen molar-refractivity contribution in [1.29, 1.82) is 0 Å². The Morgan fingerprint density at radius 2 is 1.57 bits per heavy atom. The largest absolute Gasteiger partial charge is 0.493 e. The van der Waals surface area contributed by atoms with Crippen LogP contribution in [0.3, 0.4) is 0 Å². The highest BCUT2D eigenvalue weighted by Crippen LogP contribution is 2.51. The highest BCUT2D eigenvalue weighted by Gasteiger charge is 2.33. The molecule has 0 heterocycles. The first kappa shape index (κ1) is 34.8. The summed E-state index contributed by atoms with van der Waals surface area (Å²) < 4.78 is 23.9. The van der Waals surface area contributed by atoms with E-state index >= 15 is 0 Å². The Balaban J connectivity index is 1.43. The third-order valence-electron chi connectivity index (χ3n) is 8.26. The molecule has 0 saturated carbocycles. The molecule has 1 aliphatic rings. The lowest BCUT2D eigenvalue weighted by Crippen LogP contribution is -2.27. The topological polar surface area (TPSA) is 144 Å². The number of rotatable bonds is 11. The highest BCUT2D eigenvalue weighted by atomic mass is 32.1. The summed E-state index contributed by atoms with van der Waals surface area (Å²) in [6.07, 6.45) is 0.932. The molecule has 1 aliphatic carbocycles. The molecule has 254 valence electrons. The van der Waals surface area contributed by atoms with Gasteiger partial charge in [-0.1, -0.05) is 49.2 Å². The van der Waals surface area contributed by atoms with Gasteiger partial charge in [-0.2, -0.15) is 0 Å². The van der Waals surface area contributed by atoms with Crippen LogP contribution in [-0.2, 0) is 29.2 Å². The zero-order chi connectivity index (χ0) is 35.2. The van der Waals surface area contributed by atoms with Crippen molar-refractivity contribution in [1.82, 2.24) is 4.31 Å². The second-order valence-electron chi connectivity index (χ2n) is 11.3. The van der Waals surface area contributed by atoms with E-state index < -0.39 is 23.0 Å². The first-order valence-corrected chi connectivity index (χ1v) is 15.6. The third kappa shape index (κ3) is 7.46. The number of thiol groups is 1. The van der Waals surface area contributed by atoms with Gasteiger partial charge < -0.3 is 23.8 Å². The molecule has 1 atom stereocenters. The van der Waals surface area contributed by atoms with Crippen LogP contribution in [0.5, 0.6) is 17.2 Å². The van der Waals surface area contributed by atoms with E-state index in [0.29, 0.717) is 63.5 Å². The van der Waals surface area contributed by atoms with Gasteiger partial charge in [-0.15, -0.1) is 10.1 Å². The van der Waals surface area contributed by atoms with Gasteiger partial charge in [0.25, 0.3) is 11.0 Å². The fourth-order valence-corrected chi connectivity index (χ4v) is 6.19. The van der Waals surface area contributed by atoms with Gasteiger partial charge in [0.1, 0.15) is 13.2 Å². The Morgan fingerprint density at radius 1 is 0.898 bits per heavy atom. The molecule has 0 spiro atoms. The number of hydrogen-bond acceptors (Lipinski definition) is 11. The SMILES string of the molecule is COc1cc2c(c(OC)c1OC)-c1ccc(C)c(=O)cc1[C@@H](N(S)C(=O)c1cccc(COC(=O)c3cccc(CO[N+](=O)[O-])c3)c1)CC2. The molecule has 4 aromatic carbocycles. The maximum absolute atomic E-state index is 14.0. The van der Waals surface area contributed by atoms with E-state index in [1.165, 1.54) is 30.7 Å². The van der Waals surface area contributed by atoms with Crippen LogP contribution in [0.1, 0.15) is 61.0 Å². The number of amides is 1. The molecule has 0 aromatic heterocycles. The molecular formula is C36H34N2O10S. The molecule has 5 rings (SSSR count). The predicted molar refractivity (Wildman–Crippen MR) is 183 cm³/mol. The molecular weight excluding hydrogens is 652 g/mol. The normalized spacial score (nSPS) is 13.2. The smallest absolute Gasteiger partial charge is 0.338 e. The maximum atomic E-state index is 14.0. The first-order chi connectivity index (χ1) is 23.6. The summed E-state index contributed by atoms with van der Waals surface area (Å²) in [6.45, 7) is 1.29. The molecule has 0 unspecified atom stereocenters. The minimum Gasteiger partial charge on any atom is -0.493 e. The van der Waals surface area contributed by atoms with Gasteiger partial charge in [-0.05, 0) is 89.5 Å². The Hall–Kier alpha value is -5.56. The minimum atomic E-state index is -0.910. The van der Waals surface area contributed by atoms with E-state index in [2.05, 4.69) is 4.84 Å². The number of aryl methyl sites for hydroxylation is 2. The van der Waals surface area contributed by atoms with Crippen molar-refractivity contribution in [3.05, 3.63) is 132 Å². The first-order valence-electron chi connectivity index (χ1n) is 15.2. The van der Waals surface area contributed by atoms with Gasteiger partial charge in [0.2, 0.25) is 5.75 Å². The van der Waals surface area contributed by atoms with Gasteiger partial charge >= 0.3 is 5.97 Å². The quantitative estimate of drug-likeness (QED) is 0.0852. The van der Waals surface area contributed by atoms with E-state index in [9.17, 15) is 24.5 Å². The third-order valence-corrected chi connectivity index (χ3v) is 8.72. The van der Waals surface area contributed by atoms with Crippen LogP contribution in [0.4, 0.5) is 0 Å². The summed E-state index contributed by atoms with van der Waals surface area (Å²) in [6, 6.07) is 19.2. The summed E-state index contributed by atoms with van der Waals surface area (Å²) >= 11 is 4.71. The zero-order valence-corrected chi connectivity index (χ0v) is 28.2. The van der Waals surface area contributed by atoms with Crippen molar-refractivity contribution in [3.8, 4) is 28.4 Å². The van der Waals surface area contributed by atoms with Crippen molar-refractivity contribution < 1.29 is 38.5 Å². The molecule has 13 heteroatoms. The number of hydrogen-bond donors (Lipinski definition) is 1. The number of carbonyl (C=O) groups is 2. The van der Waals surface area contributed by atoms with Gasteiger partial charge in [-0.3, -0.25) is 13.9 Å². The average molecular weight is 687 g/mol. The summed E-state index contributed by atoms with van der Waals surface area (Å²) in [5.74, 6) is 0.282. The summed E-state index contributed by atoms with van der Waals surface area (Å²) in [4.78, 5) is 54.8. The molecule has 0 N–H and O–H groups in total. The average Bonchev–Trinajstić information content (AvgIpc) is 3.35. The molecule has 0 aliphatic heterocycles. The molecule has 0 fully saturated rings. The molecule has 1 amide bonds. The minimum absolute atomic E-state index is 0.137. The number of benzene rings is 3. The number of ether oxygens (including phenoxy) is 4. The Kier molecular flexibility index (Phi) is 10.7. The summed E-state index contributed by atoms with van der Waals surface area (Å²) in [5, 5.41) is 9.60. The monoisotopic (exact) mass is 686 g/mol. The van der Waals surface area contributed by atoms with Crippen LogP contribution in [0, 0.1) is 17.0 Å². The number of esters is 1. The lowest BCUT2D eigenvalue weighted by molar-refractivity contribution is -0.763. The number of fused-ring (bicyclic) bond motifs is 3. The van der Waals surface area contributed by atoms with Crippen molar-refractivity contribution in [2.24, 2.45) is 0 Å². The number of methoxy groups -OCH3 is 3. The van der Waals surface area contributed by atoms with Crippen LogP contribution in [0.25, 0.3) is 11.1 Å². The summed E-state index contributed by atoms with van der Waals surface area (Å²) in [7, 11) is 4.61. The van der Waals surface area contributed by atoms with Crippen LogP contribution in [0.2, 0.25) is 0 Å². The van der Waals surface area contributed by atoms with Crippen LogP contribution < -0.4 is 19.6 Å². The van der Waals surface area contributed by atoms with Gasteiger partial charge in [0, 0.05) is 11.1 Å². The van der Waals surface area contributed by atoms with E-state index in [-0.39, 0.29) is 24.2 Å². The zero-order valence-electron chi connectivity index (χ0n) is 27.3. The lowest BCUT2D eigenvalue weighted by atomic mass is 9.95. The van der Waals surface area contributed by atoms with Crippen LogP contribution in [0.15, 0.2) is 77.6 Å². The van der Waals surface area contributed by atoms with Crippen molar-refractivity contribution >= 4 is 24.7 Å². The fourth-order valence-electron chi connectivity index (χ4n) is 5.84. The number of nitrogens with zero attached hydrogens (tertiary/aromatic N) is 2. The lowest BCUT2D eigenvalue weighted by Gasteiger charge is -2.27. The van der Waals surface area contributed by atoms with Crippen molar-refractivity contribution in [3.63, 3.8) is 0 Å². The summed E-state index contributed by atoms with van der Waals surface area (Å²) in [5.41, 5.74) is 4.74. The Morgan fingerprint density at radius 3 is 2.24 bits per heavy atom. The van der Waals surface area contributed by atoms with Gasteiger partial charge in [-0.25, -0.2) is 4.79 Å². The Labute approximate surface area is 287 Å². The second kappa shape index (κ2) is 15.1. The van der Waals surface area contributed by atoms with Gasteiger partial charge in [0.15, 0.2) is 16.9 Å². The van der Waals surface area contributed by atoms with E-state index in [1.54, 1.807) is 62.6 Å². The molecule has 0 bridgehead atoms.